The summed E-state index contributed by atoms with van der Waals surface area (Å²) in [5, 5.41) is 19.1. The number of benzene rings is 1. The van der Waals surface area contributed by atoms with Crippen LogP contribution in [0.25, 0.3) is 0 Å². The second-order valence-corrected chi connectivity index (χ2v) is 5.71. The summed E-state index contributed by atoms with van der Waals surface area (Å²) in [7, 11) is 0. The van der Waals surface area contributed by atoms with Crippen molar-refractivity contribution >= 4 is 0 Å². The maximum absolute atomic E-state index is 9.54. The SMILES string of the molecule is CCCCCC/C=C/C(C)(C)c1cc(O)cc(O)c1. The van der Waals surface area contributed by atoms with Gasteiger partial charge in [0.1, 0.15) is 11.5 Å². The van der Waals surface area contributed by atoms with Gasteiger partial charge >= 0.3 is 0 Å². The third-order valence-electron chi connectivity index (χ3n) is 3.41. The maximum atomic E-state index is 9.54. The molecular formula is C17H26O2. The highest BCUT2D eigenvalue weighted by molar-refractivity contribution is 5.41. The van der Waals surface area contributed by atoms with Gasteiger partial charge in [-0.2, -0.15) is 0 Å². The predicted octanol–water partition coefficient (Wildman–Crippen LogP) is 4.90. The highest BCUT2D eigenvalue weighted by Crippen LogP contribution is 2.31. The van der Waals surface area contributed by atoms with Gasteiger partial charge in [-0.3, -0.25) is 0 Å². The van der Waals surface area contributed by atoms with Crippen molar-refractivity contribution in [3.05, 3.63) is 35.9 Å². The van der Waals surface area contributed by atoms with Crippen molar-refractivity contribution in [2.24, 2.45) is 0 Å². The Morgan fingerprint density at radius 1 is 1.00 bits per heavy atom. The van der Waals surface area contributed by atoms with Crippen molar-refractivity contribution in [2.45, 2.75) is 58.3 Å². The van der Waals surface area contributed by atoms with E-state index in [0.29, 0.717) is 0 Å². The van der Waals surface area contributed by atoms with Gasteiger partial charge in [0.2, 0.25) is 0 Å². The lowest BCUT2D eigenvalue weighted by Gasteiger charge is -2.21. The largest absolute Gasteiger partial charge is 0.508 e. The summed E-state index contributed by atoms with van der Waals surface area (Å²) in [4.78, 5) is 0. The average Bonchev–Trinajstić information content (AvgIpc) is 2.32. The molecule has 0 heterocycles. The van der Waals surface area contributed by atoms with Gasteiger partial charge in [0.15, 0.2) is 0 Å². The number of rotatable bonds is 7. The second-order valence-electron chi connectivity index (χ2n) is 5.71. The first-order valence-electron chi connectivity index (χ1n) is 7.17. The predicted molar refractivity (Wildman–Crippen MR) is 80.7 cm³/mol. The van der Waals surface area contributed by atoms with Crippen LogP contribution < -0.4 is 0 Å². The molecule has 0 unspecified atom stereocenters. The molecule has 2 N–H and O–H groups in total. The van der Waals surface area contributed by atoms with Gasteiger partial charge in [0.05, 0.1) is 0 Å². The molecule has 19 heavy (non-hydrogen) atoms. The van der Waals surface area contributed by atoms with E-state index in [1.54, 1.807) is 12.1 Å². The molecule has 0 fully saturated rings. The smallest absolute Gasteiger partial charge is 0.119 e. The lowest BCUT2D eigenvalue weighted by atomic mass is 9.84. The fraction of sp³-hybridized carbons (Fsp3) is 0.529. The lowest BCUT2D eigenvalue weighted by molar-refractivity contribution is 0.446. The number of allylic oxidation sites excluding steroid dienone is 2. The third-order valence-corrected chi connectivity index (χ3v) is 3.41. The Balaban J connectivity index is 2.61. The molecule has 1 rings (SSSR count). The van der Waals surface area contributed by atoms with Gasteiger partial charge < -0.3 is 10.2 Å². The van der Waals surface area contributed by atoms with Gasteiger partial charge in [-0.05, 0) is 30.5 Å². The van der Waals surface area contributed by atoms with Crippen LogP contribution >= 0.6 is 0 Å². The van der Waals surface area contributed by atoms with Crippen molar-refractivity contribution < 1.29 is 10.2 Å². The summed E-state index contributed by atoms with van der Waals surface area (Å²) in [6.07, 6.45) is 10.5. The van der Waals surface area contributed by atoms with Crippen LogP contribution in [-0.4, -0.2) is 10.2 Å². The minimum Gasteiger partial charge on any atom is -0.508 e. The van der Waals surface area contributed by atoms with E-state index in [1.807, 2.05) is 0 Å². The topological polar surface area (TPSA) is 40.5 Å². The highest BCUT2D eigenvalue weighted by Gasteiger charge is 2.18. The maximum Gasteiger partial charge on any atom is 0.119 e. The number of hydrogen-bond donors (Lipinski definition) is 2. The Hall–Kier alpha value is -1.44. The molecule has 0 aliphatic heterocycles. The quantitative estimate of drug-likeness (QED) is 0.542. The number of phenolic OH excluding ortho intramolecular Hbond substituents is 2. The molecule has 0 radical (unpaired) electrons. The van der Waals surface area contributed by atoms with E-state index in [0.717, 1.165) is 12.0 Å². The zero-order valence-electron chi connectivity index (χ0n) is 12.3. The highest BCUT2D eigenvalue weighted by atomic mass is 16.3. The molecular weight excluding hydrogens is 236 g/mol. The number of aromatic hydroxyl groups is 2. The van der Waals surface area contributed by atoms with Crippen molar-refractivity contribution in [1.29, 1.82) is 0 Å². The van der Waals surface area contributed by atoms with Crippen LogP contribution in [0, 0.1) is 0 Å². The normalized spacial score (nSPS) is 12.2. The zero-order chi connectivity index (χ0) is 14.3. The molecule has 0 bridgehead atoms. The van der Waals surface area contributed by atoms with Crippen LogP contribution in [0.3, 0.4) is 0 Å². The standard InChI is InChI=1S/C17H26O2/c1-4-5-6-7-8-9-10-17(2,3)14-11-15(18)13-16(19)12-14/h9-13,18-19H,4-8H2,1-3H3/b10-9+. The third kappa shape index (κ3) is 5.37. The minimum atomic E-state index is -0.180. The van der Waals surface area contributed by atoms with E-state index >= 15 is 0 Å². The van der Waals surface area contributed by atoms with Crippen LogP contribution in [0.2, 0.25) is 0 Å². The summed E-state index contributed by atoms with van der Waals surface area (Å²) >= 11 is 0. The van der Waals surface area contributed by atoms with Crippen LogP contribution in [0.5, 0.6) is 11.5 Å². The molecule has 0 saturated carbocycles. The Morgan fingerprint density at radius 2 is 1.63 bits per heavy atom. The van der Waals surface area contributed by atoms with E-state index in [1.165, 1.54) is 31.7 Å². The van der Waals surface area contributed by atoms with Crippen LogP contribution in [0.15, 0.2) is 30.4 Å². The van der Waals surface area contributed by atoms with Crippen LogP contribution in [0.1, 0.15) is 58.4 Å². The van der Waals surface area contributed by atoms with Gasteiger partial charge in [0, 0.05) is 11.5 Å². The molecule has 0 aromatic heterocycles. The monoisotopic (exact) mass is 262 g/mol. The Morgan fingerprint density at radius 3 is 2.21 bits per heavy atom. The summed E-state index contributed by atoms with van der Waals surface area (Å²) in [6.45, 7) is 6.39. The van der Waals surface area contributed by atoms with Crippen molar-refractivity contribution in [2.75, 3.05) is 0 Å². The first-order chi connectivity index (χ1) is 8.95. The Labute approximate surface area is 116 Å². The van der Waals surface area contributed by atoms with E-state index in [9.17, 15) is 10.2 Å². The molecule has 0 spiro atoms. The lowest BCUT2D eigenvalue weighted by Crippen LogP contribution is -2.13. The molecule has 0 aliphatic rings. The molecule has 0 saturated heterocycles. The van der Waals surface area contributed by atoms with Crippen molar-refractivity contribution in [3.63, 3.8) is 0 Å². The van der Waals surface area contributed by atoms with Crippen molar-refractivity contribution in [1.82, 2.24) is 0 Å². The van der Waals surface area contributed by atoms with Gasteiger partial charge in [0.25, 0.3) is 0 Å². The van der Waals surface area contributed by atoms with E-state index in [4.69, 9.17) is 0 Å². The van der Waals surface area contributed by atoms with Crippen LogP contribution in [0.4, 0.5) is 0 Å². The van der Waals surface area contributed by atoms with Crippen LogP contribution in [-0.2, 0) is 5.41 Å². The van der Waals surface area contributed by atoms with E-state index in [2.05, 4.69) is 32.9 Å². The first kappa shape index (κ1) is 15.6. The molecule has 1 aromatic carbocycles. The summed E-state index contributed by atoms with van der Waals surface area (Å²) < 4.78 is 0. The summed E-state index contributed by atoms with van der Waals surface area (Å²) in [5.41, 5.74) is 0.746. The first-order valence-corrected chi connectivity index (χ1v) is 7.17. The summed E-state index contributed by atoms with van der Waals surface area (Å²) in [6, 6.07) is 4.77. The second kappa shape index (κ2) is 7.22. The fourth-order valence-corrected chi connectivity index (χ4v) is 2.13. The molecule has 106 valence electrons. The minimum absolute atomic E-state index is 0.111. The van der Waals surface area contributed by atoms with Gasteiger partial charge in [-0.15, -0.1) is 0 Å². The molecule has 1 aromatic rings. The van der Waals surface area contributed by atoms with E-state index < -0.39 is 0 Å². The number of unbranched alkanes of at least 4 members (excludes halogenated alkanes) is 4. The molecule has 0 atom stereocenters. The molecule has 0 aliphatic carbocycles. The van der Waals surface area contributed by atoms with Gasteiger partial charge in [-0.1, -0.05) is 52.2 Å². The average molecular weight is 262 g/mol. The van der Waals surface area contributed by atoms with Gasteiger partial charge in [-0.25, -0.2) is 0 Å². The number of hydrogen-bond acceptors (Lipinski definition) is 2. The van der Waals surface area contributed by atoms with Crippen molar-refractivity contribution in [3.8, 4) is 11.5 Å². The summed E-state index contributed by atoms with van der Waals surface area (Å²) in [5.74, 6) is 0.221. The van der Waals surface area contributed by atoms with E-state index in [-0.39, 0.29) is 16.9 Å². The zero-order valence-corrected chi connectivity index (χ0v) is 12.3. The Bertz CT molecular complexity index is 399. The Kier molecular flexibility index (Phi) is 5.94. The molecule has 0 amide bonds. The fourth-order valence-electron chi connectivity index (χ4n) is 2.13. The number of phenols is 2. The molecule has 2 nitrogen and oxygen atoms in total. The molecule has 2 heteroatoms.